The minimum Gasteiger partial charge on any atom is -0.462 e. The van der Waals surface area contributed by atoms with Gasteiger partial charge in [-0.2, -0.15) is 0 Å². The van der Waals surface area contributed by atoms with E-state index in [4.69, 9.17) is 4.42 Å². The van der Waals surface area contributed by atoms with Crippen molar-refractivity contribution in [2.24, 2.45) is 5.92 Å². The van der Waals surface area contributed by atoms with Crippen molar-refractivity contribution in [3.05, 3.63) is 29.2 Å². The molecule has 1 aromatic heterocycles. The van der Waals surface area contributed by atoms with Gasteiger partial charge in [0.2, 0.25) is 0 Å². The summed E-state index contributed by atoms with van der Waals surface area (Å²) in [4.78, 5) is 0. The van der Waals surface area contributed by atoms with Crippen molar-refractivity contribution in [2.45, 2.75) is 27.7 Å². The Bertz CT molecular complexity index is 323. The summed E-state index contributed by atoms with van der Waals surface area (Å²) in [7, 11) is 0. The molecule has 0 bridgehead atoms. The smallest absolute Gasteiger partial charge is 0.127 e. The van der Waals surface area contributed by atoms with E-state index >= 15 is 0 Å². The van der Waals surface area contributed by atoms with Crippen LogP contribution in [0.1, 0.15) is 32.3 Å². The Morgan fingerprint density at radius 1 is 1.47 bits per heavy atom. The average Bonchev–Trinajstić information content (AvgIpc) is 2.50. The molecule has 0 atom stereocenters. The molecule has 1 rings (SSSR count). The second kappa shape index (κ2) is 5.76. The molecule has 15 heavy (non-hydrogen) atoms. The second-order valence-electron chi connectivity index (χ2n) is 4.46. The van der Waals surface area contributed by atoms with Crippen molar-refractivity contribution >= 4 is 6.08 Å². The van der Waals surface area contributed by atoms with Crippen LogP contribution in [0, 0.1) is 12.8 Å². The molecule has 1 aromatic rings. The van der Waals surface area contributed by atoms with Crippen LogP contribution in [0.4, 0.5) is 0 Å². The zero-order valence-electron chi connectivity index (χ0n) is 10.1. The van der Waals surface area contributed by atoms with Crippen LogP contribution in [0.3, 0.4) is 0 Å². The molecular weight excluding hydrogens is 186 g/mol. The Morgan fingerprint density at radius 2 is 2.20 bits per heavy atom. The molecule has 1 N–H and O–H groups in total. The van der Waals surface area contributed by atoms with Crippen LogP contribution < -0.4 is 5.32 Å². The van der Waals surface area contributed by atoms with Gasteiger partial charge in [0.1, 0.15) is 11.5 Å². The van der Waals surface area contributed by atoms with Crippen molar-refractivity contribution in [2.75, 3.05) is 13.1 Å². The third-order valence-corrected chi connectivity index (χ3v) is 2.11. The average molecular weight is 207 g/mol. The first kappa shape index (κ1) is 12.1. The molecule has 1 heterocycles. The van der Waals surface area contributed by atoms with Gasteiger partial charge in [-0.25, -0.2) is 0 Å². The molecule has 0 saturated carbocycles. The molecule has 0 radical (unpaired) electrons. The highest BCUT2D eigenvalue weighted by molar-refractivity contribution is 5.47. The van der Waals surface area contributed by atoms with Gasteiger partial charge in [-0.1, -0.05) is 19.4 Å². The first-order chi connectivity index (χ1) is 7.08. The molecule has 2 nitrogen and oxygen atoms in total. The van der Waals surface area contributed by atoms with Crippen molar-refractivity contribution in [1.29, 1.82) is 0 Å². The summed E-state index contributed by atoms with van der Waals surface area (Å²) in [6.07, 6.45) is 2.08. The fraction of sp³-hybridized carbons (Fsp3) is 0.538. The fourth-order valence-corrected chi connectivity index (χ4v) is 1.38. The molecule has 0 aliphatic carbocycles. The normalized spacial score (nSPS) is 12.5. The maximum atomic E-state index is 5.48. The first-order valence-corrected chi connectivity index (χ1v) is 5.52. The number of aryl methyl sites for hydroxylation is 1. The quantitative estimate of drug-likeness (QED) is 0.802. The van der Waals surface area contributed by atoms with E-state index < -0.39 is 0 Å². The topological polar surface area (TPSA) is 25.2 Å². The van der Waals surface area contributed by atoms with Gasteiger partial charge in [0.25, 0.3) is 0 Å². The van der Waals surface area contributed by atoms with Gasteiger partial charge in [-0.3, -0.25) is 0 Å². The van der Waals surface area contributed by atoms with E-state index in [0.29, 0.717) is 5.92 Å². The third kappa shape index (κ3) is 4.84. The first-order valence-electron chi connectivity index (χ1n) is 5.52. The molecule has 0 aliphatic rings. The molecule has 0 saturated heterocycles. The van der Waals surface area contributed by atoms with E-state index in [2.05, 4.69) is 32.2 Å². The van der Waals surface area contributed by atoms with Crippen molar-refractivity contribution in [1.82, 2.24) is 5.32 Å². The maximum absolute atomic E-state index is 5.48. The monoisotopic (exact) mass is 207 g/mol. The molecular formula is C13H21NO. The zero-order chi connectivity index (χ0) is 11.3. The summed E-state index contributed by atoms with van der Waals surface area (Å²) in [6.45, 7) is 10.5. The Balaban J connectivity index is 2.39. The van der Waals surface area contributed by atoms with Crippen molar-refractivity contribution in [3.8, 4) is 0 Å². The van der Waals surface area contributed by atoms with E-state index in [-0.39, 0.29) is 0 Å². The highest BCUT2D eigenvalue weighted by Crippen LogP contribution is 2.10. The summed E-state index contributed by atoms with van der Waals surface area (Å²) in [6, 6.07) is 3.99. The summed E-state index contributed by atoms with van der Waals surface area (Å²) >= 11 is 0. The number of hydrogen-bond donors (Lipinski definition) is 1. The Labute approximate surface area is 92.4 Å². The van der Waals surface area contributed by atoms with E-state index in [1.807, 2.05) is 19.1 Å². The van der Waals surface area contributed by atoms with Gasteiger partial charge in [0, 0.05) is 6.54 Å². The SMILES string of the molecule is CC(=Cc1ccc(C)o1)CNCC(C)C. The van der Waals surface area contributed by atoms with Crippen molar-refractivity contribution < 1.29 is 4.42 Å². The molecule has 0 aliphatic heterocycles. The second-order valence-corrected chi connectivity index (χ2v) is 4.46. The van der Waals surface area contributed by atoms with Gasteiger partial charge in [-0.15, -0.1) is 0 Å². The summed E-state index contributed by atoms with van der Waals surface area (Å²) in [5.74, 6) is 2.60. The Morgan fingerprint density at radius 3 is 2.73 bits per heavy atom. The van der Waals surface area contributed by atoms with E-state index in [0.717, 1.165) is 24.6 Å². The molecule has 0 fully saturated rings. The van der Waals surface area contributed by atoms with Crippen LogP contribution in [0.5, 0.6) is 0 Å². The van der Waals surface area contributed by atoms with Gasteiger partial charge in [0.05, 0.1) is 0 Å². The Hall–Kier alpha value is -1.02. The molecule has 84 valence electrons. The minimum absolute atomic E-state index is 0.698. The Kier molecular flexibility index (Phi) is 4.63. The molecule has 2 heteroatoms. The van der Waals surface area contributed by atoms with Gasteiger partial charge in [0.15, 0.2) is 0 Å². The molecule has 0 unspecified atom stereocenters. The van der Waals surface area contributed by atoms with Gasteiger partial charge < -0.3 is 9.73 Å². The van der Waals surface area contributed by atoms with Crippen LogP contribution in [0.2, 0.25) is 0 Å². The fourth-order valence-electron chi connectivity index (χ4n) is 1.38. The summed E-state index contributed by atoms with van der Waals surface area (Å²) in [5, 5.41) is 3.40. The minimum atomic E-state index is 0.698. The largest absolute Gasteiger partial charge is 0.462 e. The molecule has 0 aromatic carbocycles. The highest BCUT2D eigenvalue weighted by Gasteiger charge is 1.97. The maximum Gasteiger partial charge on any atom is 0.127 e. The highest BCUT2D eigenvalue weighted by atomic mass is 16.3. The van der Waals surface area contributed by atoms with Crippen LogP contribution in [-0.2, 0) is 0 Å². The lowest BCUT2D eigenvalue weighted by atomic mass is 10.2. The van der Waals surface area contributed by atoms with E-state index in [9.17, 15) is 0 Å². The standard InChI is InChI=1S/C13H21NO/c1-10(2)8-14-9-11(3)7-13-6-5-12(4)15-13/h5-7,10,14H,8-9H2,1-4H3. The lowest BCUT2D eigenvalue weighted by Gasteiger charge is -2.06. The third-order valence-electron chi connectivity index (χ3n) is 2.11. The van der Waals surface area contributed by atoms with E-state index in [1.54, 1.807) is 0 Å². The number of hydrogen-bond acceptors (Lipinski definition) is 2. The summed E-state index contributed by atoms with van der Waals surface area (Å²) in [5.41, 5.74) is 1.30. The lowest BCUT2D eigenvalue weighted by molar-refractivity contribution is 0.524. The van der Waals surface area contributed by atoms with Crippen molar-refractivity contribution in [3.63, 3.8) is 0 Å². The number of rotatable bonds is 5. The van der Waals surface area contributed by atoms with Crippen LogP contribution in [0.15, 0.2) is 22.1 Å². The predicted molar refractivity (Wildman–Crippen MR) is 64.8 cm³/mol. The zero-order valence-corrected chi connectivity index (χ0v) is 10.1. The number of nitrogens with one attached hydrogen (secondary N) is 1. The number of furan rings is 1. The van der Waals surface area contributed by atoms with Gasteiger partial charge >= 0.3 is 0 Å². The van der Waals surface area contributed by atoms with Crippen LogP contribution in [-0.4, -0.2) is 13.1 Å². The molecule has 0 spiro atoms. The van der Waals surface area contributed by atoms with Crippen LogP contribution >= 0.6 is 0 Å². The lowest BCUT2D eigenvalue weighted by Crippen LogP contribution is -2.21. The van der Waals surface area contributed by atoms with Crippen LogP contribution in [0.25, 0.3) is 6.08 Å². The van der Waals surface area contributed by atoms with E-state index in [1.165, 1.54) is 5.57 Å². The summed E-state index contributed by atoms with van der Waals surface area (Å²) < 4.78 is 5.48. The molecule has 0 amide bonds. The van der Waals surface area contributed by atoms with Gasteiger partial charge in [-0.05, 0) is 44.5 Å². The predicted octanol–water partition coefficient (Wildman–Crippen LogP) is 3.24.